The van der Waals surface area contributed by atoms with Gasteiger partial charge in [0, 0.05) is 16.2 Å². The first-order valence-corrected chi connectivity index (χ1v) is 10.8. The number of esters is 1. The molecule has 2 saturated carbocycles. The van der Waals surface area contributed by atoms with E-state index in [2.05, 4.69) is 0 Å². The quantitative estimate of drug-likeness (QED) is 0.671. The second-order valence-electron chi connectivity index (χ2n) is 8.07. The lowest BCUT2D eigenvalue weighted by Gasteiger charge is -2.30. The molecule has 5 heteroatoms. The van der Waals surface area contributed by atoms with E-state index in [-0.39, 0.29) is 18.5 Å². The zero-order valence-corrected chi connectivity index (χ0v) is 16.5. The van der Waals surface area contributed by atoms with Crippen molar-refractivity contribution in [1.82, 2.24) is 0 Å². The van der Waals surface area contributed by atoms with Crippen molar-refractivity contribution < 1.29 is 14.3 Å². The molecule has 4 nitrogen and oxygen atoms in total. The Hall–Kier alpha value is -2.27. The molecular weight excluding hydrogens is 370 g/mol. The van der Waals surface area contributed by atoms with Crippen molar-refractivity contribution in [2.45, 2.75) is 41.9 Å². The topological polar surface area (TPSA) is 46.6 Å². The molecule has 2 aromatic rings. The summed E-state index contributed by atoms with van der Waals surface area (Å²) in [5.74, 6) is 1.50. The van der Waals surface area contributed by atoms with Crippen LogP contribution in [0.3, 0.4) is 0 Å². The Balaban J connectivity index is 1.28. The van der Waals surface area contributed by atoms with Crippen LogP contribution in [0.1, 0.15) is 32.1 Å². The fourth-order valence-corrected chi connectivity index (χ4v) is 6.14. The summed E-state index contributed by atoms with van der Waals surface area (Å²) in [6, 6.07) is 15.7. The maximum absolute atomic E-state index is 13.0. The van der Waals surface area contributed by atoms with E-state index in [1.54, 1.807) is 16.7 Å². The summed E-state index contributed by atoms with van der Waals surface area (Å²) >= 11 is 1.65. The first-order valence-electron chi connectivity index (χ1n) is 10.0. The van der Waals surface area contributed by atoms with Gasteiger partial charge in [0.25, 0.3) is 5.91 Å². The predicted octanol–water partition coefficient (Wildman–Crippen LogP) is 5.19. The number of benzene rings is 2. The van der Waals surface area contributed by atoms with E-state index in [1.807, 2.05) is 48.5 Å². The molecule has 5 rings (SSSR count). The first kappa shape index (κ1) is 17.8. The highest BCUT2D eigenvalue weighted by atomic mass is 32.2. The first-order chi connectivity index (χ1) is 13.7. The summed E-state index contributed by atoms with van der Waals surface area (Å²) in [5, 5.41) is 0. The molecule has 2 bridgehead atoms. The SMILES string of the molecule is O=C(C[C@H]1C[C@H]2CC[C@@H]1C2)OCC(=O)N1c2ccccc2Sc2ccccc21. The molecular formula is C23H23NO3S. The van der Waals surface area contributed by atoms with Crippen LogP contribution >= 0.6 is 11.8 Å². The van der Waals surface area contributed by atoms with Crippen LogP contribution in [0.5, 0.6) is 0 Å². The molecule has 0 aromatic heterocycles. The number of carbonyl (C=O) groups is 2. The van der Waals surface area contributed by atoms with Crippen LogP contribution in [-0.2, 0) is 14.3 Å². The van der Waals surface area contributed by atoms with Gasteiger partial charge in [0.05, 0.1) is 11.4 Å². The van der Waals surface area contributed by atoms with Crippen molar-refractivity contribution in [3.8, 4) is 0 Å². The fraction of sp³-hybridized carbons (Fsp3) is 0.391. The van der Waals surface area contributed by atoms with Gasteiger partial charge in [-0.2, -0.15) is 0 Å². The van der Waals surface area contributed by atoms with Crippen molar-refractivity contribution in [3.05, 3.63) is 48.5 Å². The molecule has 0 radical (unpaired) electrons. The number of amides is 1. The molecule has 0 N–H and O–H groups in total. The highest BCUT2D eigenvalue weighted by Crippen LogP contribution is 2.50. The molecule has 0 unspecified atom stereocenters. The van der Waals surface area contributed by atoms with Gasteiger partial charge >= 0.3 is 5.97 Å². The van der Waals surface area contributed by atoms with Crippen LogP contribution in [0.2, 0.25) is 0 Å². The molecule has 3 atom stereocenters. The summed E-state index contributed by atoms with van der Waals surface area (Å²) in [7, 11) is 0. The van der Waals surface area contributed by atoms with Gasteiger partial charge in [-0.05, 0) is 61.3 Å². The average molecular weight is 394 g/mol. The van der Waals surface area contributed by atoms with Gasteiger partial charge < -0.3 is 4.74 Å². The molecule has 0 saturated heterocycles. The Bertz CT molecular complexity index is 882. The van der Waals surface area contributed by atoms with Crippen LogP contribution in [0.15, 0.2) is 58.3 Å². The smallest absolute Gasteiger partial charge is 0.306 e. The fourth-order valence-electron chi connectivity index (χ4n) is 5.08. The minimum absolute atomic E-state index is 0.207. The number of para-hydroxylation sites is 2. The number of nitrogens with zero attached hydrogens (tertiary/aromatic N) is 1. The standard InChI is InChI=1S/C23H23NO3S/c25-22(14-27-23(26)13-17-12-15-9-10-16(17)11-15)24-18-5-1-3-7-20(18)28-21-8-4-2-6-19(21)24/h1-8,15-17H,9-14H2/t15-,16+,17+/m0/s1. The number of ether oxygens (including phenoxy) is 1. The van der Waals surface area contributed by atoms with Crippen LogP contribution in [0.4, 0.5) is 11.4 Å². The molecule has 1 aliphatic heterocycles. The highest BCUT2D eigenvalue weighted by Gasteiger charge is 2.40. The molecule has 28 heavy (non-hydrogen) atoms. The van der Waals surface area contributed by atoms with Crippen LogP contribution in [0.25, 0.3) is 0 Å². The van der Waals surface area contributed by atoms with E-state index < -0.39 is 0 Å². The number of hydrogen-bond donors (Lipinski definition) is 0. The molecule has 1 heterocycles. The molecule has 2 aromatic carbocycles. The number of carbonyl (C=O) groups excluding carboxylic acids is 2. The summed E-state index contributed by atoms with van der Waals surface area (Å²) < 4.78 is 5.42. The lowest BCUT2D eigenvalue weighted by molar-refractivity contribution is -0.149. The van der Waals surface area contributed by atoms with Gasteiger partial charge in [-0.3, -0.25) is 14.5 Å². The highest BCUT2D eigenvalue weighted by molar-refractivity contribution is 7.99. The Morgan fingerprint density at radius 2 is 1.64 bits per heavy atom. The lowest BCUT2D eigenvalue weighted by Crippen LogP contribution is -2.33. The Morgan fingerprint density at radius 3 is 2.25 bits per heavy atom. The van der Waals surface area contributed by atoms with E-state index in [1.165, 1.54) is 19.3 Å². The van der Waals surface area contributed by atoms with Crippen molar-refractivity contribution >= 4 is 35.0 Å². The number of fused-ring (bicyclic) bond motifs is 4. The summed E-state index contributed by atoms with van der Waals surface area (Å²) in [6.07, 6.45) is 5.45. The maximum atomic E-state index is 13.0. The van der Waals surface area contributed by atoms with Gasteiger partial charge in [-0.15, -0.1) is 0 Å². The lowest BCUT2D eigenvalue weighted by atomic mass is 9.86. The molecule has 144 valence electrons. The van der Waals surface area contributed by atoms with E-state index in [4.69, 9.17) is 4.74 Å². The van der Waals surface area contributed by atoms with E-state index in [0.29, 0.717) is 18.3 Å². The minimum atomic E-state index is -0.237. The second-order valence-corrected chi connectivity index (χ2v) is 9.15. The average Bonchev–Trinajstić information content (AvgIpc) is 3.33. The van der Waals surface area contributed by atoms with Gasteiger partial charge in [0.15, 0.2) is 6.61 Å². The van der Waals surface area contributed by atoms with Crippen LogP contribution < -0.4 is 4.90 Å². The van der Waals surface area contributed by atoms with E-state index >= 15 is 0 Å². The van der Waals surface area contributed by atoms with Crippen molar-refractivity contribution in [3.63, 3.8) is 0 Å². The van der Waals surface area contributed by atoms with Gasteiger partial charge in [0.2, 0.25) is 0 Å². The molecule has 2 fully saturated rings. The van der Waals surface area contributed by atoms with Gasteiger partial charge in [0.1, 0.15) is 0 Å². The normalized spacial score (nSPS) is 24.6. The Morgan fingerprint density at radius 1 is 0.964 bits per heavy atom. The van der Waals surface area contributed by atoms with Crippen LogP contribution in [0, 0.1) is 17.8 Å². The summed E-state index contributed by atoms with van der Waals surface area (Å²) in [4.78, 5) is 29.1. The van der Waals surface area contributed by atoms with E-state index in [9.17, 15) is 9.59 Å². The predicted molar refractivity (Wildman–Crippen MR) is 109 cm³/mol. The monoisotopic (exact) mass is 393 g/mol. The minimum Gasteiger partial charge on any atom is -0.456 e. The third kappa shape index (κ3) is 3.22. The Kier molecular flexibility index (Phi) is 4.63. The molecule has 1 amide bonds. The molecule has 0 spiro atoms. The summed E-state index contributed by atoms with van der Waals surface area (Å²) in [5.41, 5.74) is 1.70. The Labute approximate surface area is 169 Å². The molecule has 2 aliphatic carbocycles. The van der Waals surface area contributed by atoms with Gasteiger partial charge in [-0.1, -0.05) is 42.4 Å². The van der Waals surface area contributed by atoms with Crippen molar-refractivity contribution in [2.75, 3.05) is 11.5 Å². The number of rotatable bonds is 4. The zero-order valence-electron chi connectivity index (χ0n) is 15.7. The van der Waals surface area contributed by atoms with Gasteiger partial charge in [-0.25, -0.2) is 0 Å². The second kappa shape index (κ2) is 7.28. The van der Waals surface area contributed by atoms with E-state index in [0.717, 1.165) is 33.5 Å². The summed E-state index contributed by atoms with van der Waals surface area (Å²) in [6.45, 7) is -0.215. The maximum Gasteiger partial charge on any atom is 0.306 e. The molecule has 3 aliphatic rings. The van der Waals surface area contributed by atoms with Crippen molar-refractivity contribution in [2.24, 2.45) is 17.8 Å². The third-order valence-corrected chi connectivity index (χ3v) is 7.48. The number of hydrogen-bond acceptors (Lipinski definition) is 4. The van der Waals surface area contributed by atoms with Crippen molar-refractivity contribution in [1.29, 1.82) is 0 Å². The largest absolute Gasteiger partial charge is 0.456 e. The zero-order chi connectivity index (χ0) is 19.1. The number of anilines is 2. The van der Waals surface area contributed by atoms with Crippen LogP contribution in [-0.4, -0.2) is 18.5 Å². The third-order valence-electron chi connectivity index (χ3n) is 6.35.